The molecular weight excluding hydrogens is 335 g/mol. The molecule has 0 amide bonds. The van der Waals surface area contributed by atoms with Crippen LogP contribution in [0.5, 0.6) is 0 Å². The van der Waals surface area contributed by atoms with Gasteiger partial charge in [0, 0.05) is 30.8 Å². The largest absolute Gasteiger partial charge is 0.388 e. The number of β-amino-alcohol motifs (C(OH)–C–C–N with tert-alkyl or cyclic N) is 1. The Morgan fingerprint density at radius 1 is 1.23 bits per heavy atom. The van der Waals surface area contributed by atoms with Gasteiger partial charge in [0.15, 0.2) is 5.65 Å². The summed E-state index contributed by atoms with van der Waals surface area (Å²) >= 11 is 0. The average molecular weight is 356 g/mol. The van der Waals surface area contributed by atoms with Crippen LogP contribution in [0.3, 0.4) is 0 Å². The summed E-state index contributed by atoms with van der Waals surface area (Å²) < 4.78 is 21.8. The fourth-order valence-electron chi connectivity index (χ4n) is 3.36. The Labute approximate surface area is 150 Å². The maximum absolute atomic E-state index is 14.2. The number of aliphatic hydroxyl groups is 1. The van der Waals surface area contributed by atoms with Crippen LogP contribution < -0.4 is 4.90 Å². The Morgan fingerprint density at radius 3 is 2.81 bits per heavy atom. The highest BCUT2D eigenvalue weighted by atomic mass is 19.1. The van der Waals surface area contributed by atoms with Gasteiger partial charge in [-0.15, -0.1) is 0 Å². The molecule has 0 aliphatic carbocycles. The fourth-order valence-corrected chi connectivity index (χ4v) is 3.36. The summed E-state index contributed by atoms with van der Waals surface area (Å²) in [5.41, 5.74) is 1.60. The van der Waals surface area contributed by atoms with Crippen LogP contribution in [0, 0.1) is 5.82 Å². The van der Waals surface area contributed by atoms with Crippen molar-refractivity contribution in [2.24, 2.45) is 0 Å². The summed E-state index contributed by atoms with van der Waals surface area (Å²) in [4.78, 5) is 6.53. The van der Waals surface area contributed by atoms with Crippen molar-refractivity contribution in [1.82, 2.24) is 14.6 Å². The van der Waals surface area contributed by atoms with Gasteiger partial charge >= 0.3 is 0 Å². The second-order valence-electron chi connectivity index (χ2n) is 6.78. The molecule has 1 aromatic carbocycles. The number of hydrogen-bond donors (Lipinski definition) is 1. The third kappa shape index (κ3) is 3.04. The lowest BCUT2D eigenvalue weighted by Crippen LogP contribution is -2.29. The molecule has 7 heteroatoms. The van der Waals surface area contributed by atoms with Crippen molar-refractivity contribution in [3.05, 3.63) is 48.4 Å². The molecule has 6 nitrogen and oxygen atoms in total. The van der Waals surface area contributed by atoms with Gasteiger partial charge in [-0.25, -0.2) is 9.37 Å². The third-order valence-electron chi connectivity index (χ3n) is 4.50. The lowest BCUT2D eigenvalue weighted by molar-refractivity contribution is -0.0386. The first kappa shape index (κ1) is 16.9. The number of ether oxygens (including phenoxy) is 1. The van der Waals surface area contributed by atoms with Gasteiger partial charge in [-0.1, -0.05) is 12.1 Å². The van der Waals surface area contributed by atoms with Crippen molar-refractivity contribution in [1.29, 1.82) is 0 Å². The minimum atomic E-state index is -0.590. The van der Waals surface area contributed by atoms with Crippen LogP contribution in [-0.2, 0) is 4.74 Å². The fraction of sp³-hybridized carbons (Fsp3) is 0.368. The Bertz CT molecular complexity index is 927. The maximum atomic E-state index is 14.2. The zero-order valence-electron chi connectivity index (χ0n) is 14.7. The number of nitrogens with zero attached hydrogens (tertiary/aromatic N) is 4. The van der Waals surface area contributed by atoms with Gasteiger partial charge in [0.25, 0.3) is 0 Å². The second kappa shape index (κ2) is 6.66. The van der Waals surface area contributed by atoms with Crippen molar-refractivity contribution < 1.29 is 14.2 Å². The van der Waals surface area contributed by atoms with Gasteiger partial charge in [-0.05, 0) is 26.0 Å². The number of halogens is 1. The van der Waals surface area contributed by atoms with E-state index in [1.54, 1.807) is 35.0 Å². The van der Waals surface area contributed by atoms with Crippen molar-refractivity contribution in [2.45, 2.75) is 32.2 Å². The van der Waals surface area contributed by atoms with Crippen molar-refractivity contribution in [2.75, 3.05) is 18.0 Å². The molecule has 2 atom stereocenters. The zero-order valence-corrected chi connectivity index (χ0v) is 14.7. The quantitative estimate of drug-likeness (QED) is 0.778. The normalized spacial score (nSPS) is 20.4. The van der Waals surface area contributed by atoms with Crippen LogP contribution in [-0.4, -0.2) is 51.1 Å². The number of anilines is 1. The van der Waals surface area contributed by atoms with Gasteiger partial charge in [0.05, 0.1) is 24.1 Å². The Balaban J connectivity index is 1.76. The molecule has 3 aromatic rings. The standard InChI is InChI=1S/C19H21FN4O2/c1-12(2)26-17-11-23(10-16(17)25)19-9-15(13-5-3-4-6-14(13)20)22-18-7-8-21-24(18)19/h3-9,12,16-17,25H,10-11H2,1-2H3/t16-,17-/m0/s1. The van der Waals surface area contributed by atoms with E-state index in [1.807, 2.05) is 24.8 Å². The molecule has 1 aliphatic heterocycles. The van der Waals surface area contributed by atoms with Gasteiger partial charge in [0.2, 0.25) is 0 Å². The first-order valence-corrected chi connectivity index (χ1v) is 8.71. The number of hydrogen-bond acceptors (Lipinski definition) is 5. The zero-order chi connectivity index (χ0) is 18.3. The van der Waals surface area contributed by atoms with Gasteiger partial charge < -0.3 is 14.7 Å². The molecule has 0 radical (unpaired) electrons. The second-order valence-corrected chi connectivity index (χ2v) is 6.78. The van der Waals surface area contributed by atoms with Crippen LogP contribution in [0.25, 0.3) is 16.9 Å². The van der Waals surface area contributed by atoms with Crippen molar-refractivity contribution in [3.8, 4) is 11.3 Å². The van der Waals surface area contributed by atoms with E-state index < -0.39 is 6.10 Å². The molecule has 0 spiro atoms. The first-order chi connectivity index (χ1) is 12.5. The summed E-state index contributed by atoms with van der Waals surface area (Å²) in [6.07, 6.45) is 0.829. The molecule has 136 valence electrons. The highest BCUT2D eigenvalue weighted by Gasteiger charge is 2.34. The predicted molar refractivity (Wildman–Crippen MR) is 96.6 cm³/mol. The Kier molecular flexibility index (Phi) is 4.34. The smallest absolute Gasteiger partial charge is 0.157 e. The molecule has 3 heterocycles. The summed E-state index contributed by atoms with van der Waals surface area (Å²) in [6.45, 7) is 4.86. The minimum absolute atomic E-state index is 0.0331. The van der Waals surface area contributed by atoms with Crippen LogP contribution in [0.2, 0.25) is 0 Å². The predicted octanol–water partition coefficient (Wildman–Crippen LogP) is 2.51. The van der Waals surface area contributed by atoms with E-state index in [1.165, 1.54) is 6.07 Å². The van der Waals surface area contributed by atoms with Crippen molar-refractivity contribution >= 4 is 11.5 Å². The van der Waals surface area contributed by atoms with Gasteiger partial charge in [0.1, 0.15) is 17.7 Å². The maximum Gasteiger partial charge on any atom is 0.157 e. The first-order valence-electron chi connectivity index (χ1n) is 8.71. The monoisotopic (exact) mass is 356 g/mol. The van der Waals surface area contributed by atoms with Crippen LogP contribution in [0.15, 0.2) is 42.6 Å². The van der Waals surface area contributed by atoms with E-state index >= 15 is 0 Å². The molecule has 2 aromatic heterocycles. The lowest BCUT2D eigenvalue weighted by Gasteiger charge is -2.20. The van der Waals surface area contributed by atoms with E-state index in [0.29, 0.717) is 30.0 Å². The number of benzene rings is 1. The number of rotatable bonds is 4. The van der Waals surface area contributed by atoms with E-state index in [0.717, 1.165) is 5.82 Å². The van der Waals surface area contributed by atoms with E-state index in [-0.39, 0.29) is 18.0 Å². The number of aliphatic hydroxyl groups excluding tert-OH is 1. The molecular formula is C19H21FN4O2. The van der Waals surface area contributed by atoms with Gasteiger partial charge in [-0.2, -0.15) is 9.61 Å². The molecule has 1 N–H and O–H groups in total. The average Bonchev–Trinajstić information content (AvgIpc) is 3.21. The highest BCUT2D eigenvalue weighted by molar-refractivity contribution is 5.67. The van der Waals surface area contributed by atoms with Crippen molar-refractivity contribution in [3.63, 3.8) is 0 Å². The van der Waals surface area contributed by atoms with E-state index in [9.17, 15) is 9.50 Å². The molecule has 1 fully saturated rings. The molecule has 0 bridgehead atoms. The van der Waals surface area contributed by atoms with E-state index in [2.05, 4.69) is 10.1 Å². The summed E-state index contributed by atoms with van der Waals surface area (Å²) in [5.74, 6) is 0.435. The minimum Gasteiger partial charge on any atom is -0.388 e. The SMILES string of the molecule is CC(C)O[C@H]1CN(c2cc(-c3ccccc3F)nc3ccnn23)C[C@@H]1O. The molecule has 26 heavy (non-hydrogen) atoms. The molecule has 4 rings (SSSR count). The Hall–Kier alpha value is -2.51. The lowest BCUT2D eigenvalue weighted by atomic mass is 10.1. The van der Waals surface area contributed by atoms with Gasteiger partial charge in [-0.3, -0.25) is 0 Å². The summed E-state index contributed by atoms with van der Waals surface area (Å²) in [6, 6.07) is 10.2. The summed E-state index contributed by atoms with van der Waals surface area (Å²) in [5, 5.41) is 14.7. The highest BCUT2D eigenvalue weighted by Crippen LogP contribution is 2.29. The molecule has 0 unspecified atom stereocenters. The van der Waals surface area contributed by atoms with E-state index in [4.69, 9.17) is 4.74 Å². The van der Waals surface area contributed by atoms with Crippen LogP contribution in [0.1, 0.15) is 13.8 Å². The molecule has 1 aliphatic rings. The number of fused-ring (bicyclic) bond motifs is 1. The number of aromatic nitrogens is 3. The topological polar surface area (TPSA) is 62.9 Å². The third-order valence-corrected chi connectivity index (χ3v) is 4.50. The van der Waals surface area contributed by atoms with Crippen LogP contribution >= 0.6 is 0 Å². The molecule has 0 saturated carbocycles. The van der Waals surface area contributed by atoms with Crippen LogP contribution in [0.4, 0.5) is 10.2 Å². The molecule has 1 saturated heterocycles. The summed E-state index contributed by atoms with van der Waals surface area (Å²) in [7, 11) is 0. The Morgan fingerprint density at radius 2 is 2.04 bits per heavy atom.